The molecule has 0 saturated heterocycles. The van der Waals surface area contributed by atoms with E-state index in [4.69, 9.17) is 5.11 Å². The number of hydrogen-bond donors (Lipinski definition) is 1. The van der Waals surface area contributed by atoms with Gasteiger partial charge in [-0.1, -0.05) is 0 Å². The molecule has 0 radical (unpaired) electrons. The average molecular weight is 205 g/mol. The van der Waals surface area contributed by atoms with Crippen molar-refractivity contribution in [3.63, 3.8) is 0 Å². The lowest BCUT2D eigenvalue weighted by atomic mass is 10.3. The van der Waals surface area contributed by atoms with Crippen LogP contribution in [0.1, 0.15) is 22.6 Å². The van der Waals surface area contributed by atoms with Gasteiger partial charge >= 0.3 is 0 Å². The van der Waals surface area contributed by atoms with Gasteiger partial charge in [-0.25, -0.2) is 0 Å². The Balaban J connectivity index is 2.42. The number of nitrogens with zero attached hydrogens (tertiary/aromatic N) is 3. The lowest BCUT2D eigenvalue weighted by Crippen LogP contribution is -1.98. The van der Waals surface area contributed by atoms with E-state index in [0.717, 1.165) is 12.1 Å². The number of aliphatic hydroxyl groups is 1. The number of hydrogen-bond acceptors (Lipinski definition) is 4. The third kappa shape index (κ3) is 1.87. The molecule has 2 rings (SSSR count). The predicted molar refractivity (Wildman–Crippen MR) is 53.8 cm³/mol. The van der Waals surface area contributed by atoms with E-state index < -0.39 is 0 Å². The van der Waals surface area contributed by atoms with Crippen LogP contribution in [0.25, 0.3) is 5.65 Å². The second kappa shape index (κ2) is 4.18. The first kappa shape index (κ1) is 9.79. The van der Waals surface area contributed by atoms with E-state index in [2.05, 4.69) is 10.2 Å². The van der Waals surface area contributed by atoms with E-state index in [9.17, 15) is 4.79 Å². The smallest absolute Gasteiger partial charge is 0.160 e. The number of fused-ring (bicyclic) bond motifs is 1. The SMILES string of the molecule is O=Cc1ccc2nnc(CCCO)n2c1. The van der Waals surface area contributed by atoms with Crippen LogP contribution in [0, 0.1) is 0 Å². The highest BCUT2D eigenvalue weighted by Gasteiger charge is 2.04. The van der Waals surface area contributed by atoms with Gasteiger partial charge in [-0.05, 0) is 18.6 Å². The molecule has 0 aliphatic carbocycles. The van der Waals surface area contributed by atoms with Gasteiger partial charge in [0.2, 0.25) is 0 Å². The molecule has 0 amide bonds. The predicted octanol–water partition coefficient (Wildman–Crippen LogP) is 0.467. The minimum absolute atomic E-state index is 0.127. The highest BCUT2D eigenvalue weighted by molar-refractivity contribution is 5.74. The first-order valence-corrected chi connectivity index (χ1v) is 4.75. The van der Waals surface area contributed by atoms with Crippen LogP contribution < -0.4 is 0 Å². The maximum Gasteiger partial charge on any atom is 0.160 e. The largest absolute Gasteiger partial charge is 0.396 e. The summed E-state index contributed by atoms with van der Waals surface area (Å²) in [6.45, 7) is 0.127. The molecule has 1 N–H and O–H groups in total. The number of carbonyl (C=O) groups is 1. The van der Waals surface area contributed by atoms with Crippen LogP contribution >= 0.6 is 0 Å². The summed E-state index contributed by atoms with van der Waals surface area (Å²) in [6.07, 6.45) is 3.79. The lowest BCUT2D eigenvalue weighted by molar-refractivity contribution is 0.112. The van der Waals surface area contributed by atoms with Crippen molar-refractivity contribution in [2.24, 2.45) is 0 Å². The maximum atomic E-state index is 10.6. The van der Waals surface area contributed by atoms with E-state index in [1.54, 1.807) is 22.7 Å². The van der Waals surface area contributed by atoms with Crippen molar-refractivity contribution < 1.29 is 9.90 Å². The molecule has 5 heteroatoms. The summed E-state index contributed by atoms with van der Waals surface area (Å²) in [5.74, 6) is 0.766. The number of aldehydes is 1. The molecule has 0 saturated carbocycles. The van der Waals surface area contributed by atoms with Crippen LogP contribution in [0.3, 0.4) is 0 Å². The van der Waals surface area contributed by atoms with Crippen LogP contribution in [0.5, 0.6) is 0 Å². The molecule has 0 aromatic carbocycles. The van der Waals surface area contributed by atoms with Crippen molar-refractivity contribution in [1.82, 2.24) is 14.6 Å². The molecular formula is C10H11N3O2. The van der Waals surface area contributed by atoms with E-state index in [1.165, 1.54) is 0 Å². The summed E-state index contributed by atoms with van der Waals surface area (Å²) in [4.78, 5) is 10.6. The molecule has 0 unspecified atom stereocenters. The van der Waals surface area contributed by atoms with Gasteiger partial charge in [-0.15, -0.1) is 10.2 Å². The van der Waals surface area contributed by atoms with E-state index in [-0.39, 0.29) is 6.61 Å². The lowest BCUT2D eigenvalue weighted by Gasteiger charge is -1.98. The topological polar surface area (TPSA) is 67.5 Å². The minimum Gasteiger partial charge on any atom is -0.396 e. The van der Waals surface area contributed by atoms with Gasteiger partial charge in [-0.3, -0.25) is 9.20 Å². The average Bonchev–Trinajstić information content (AvgIpc) is 2.68. The Kier molecular flexibility index (Phi) is 2.73. The Morgan fingerprint density at radius 3 is 3.00 bits per heavy atom. The van der Waals surface area contributed by atoms with Crippen molar-refractivity contribution in [2.45, 2.75) is 12.8 Å². The fourth-order valence-electron chi connectivity index (χ4n) is 1.43. The monoisotopic (exact) mass is 205 g/mol. The Hall–Kier alpha value is -1.75. The van der Waals surface area contributed by atoms with Gasteiger partial charge in [0.25, 0.3) is 0 Å². The second-order valence-electron chi connectivity index (χ2n) is 3.25. The van der Waals surface area contributed by atoms with Crippen molar-refractivity contribution in [3.05, 3.63) is 29.7 Å². The second-order valence-corrected chi connectivity index (χ2v) is 3.25. The summed E-state index contributed by atoms with van der Waals surface area (Å²) in [7, 11) is 0. The van der Waals surface area contributed by atoms with Gasteiger partial charge in [0.1, 0.15) is 5.82 Å². The van der Waals surface area contributed by atoms with Crippen molar-refractivity contribution in [2.75, 3.05) is 6.61 Å². The van der Waals surface area contributed by atoms with Crippen molar-refractivity contribution in [3.8, 4) is 0 Å². The number of rotatable bonds is 4. The highest BCUT2D eigenvalue weighted by atomic mass is 16.2. The summed E-state index contributed by atoms with van der Waals surface area (Å²) in [5, 5.41) is 16.7. The molecule has 0 fully saturated rings. The Bertz CT molecular complexity index is 478. The highest BCUT2D eigenvalue weighted by Crippen LogP contribution is 2.07. The normalized spacial score (nSPS) is 10.7. The van der Waals surface area contributed by atoms with Crippen LogP contribution in [0.2, 0.25) is 0 Å². The first-order chi connectivity index (χ1) is 7.35. The summed E-state index contributed by atoms with van der Waals surface area (Å²) >= 11 is 0. The fraction of sp³-hybridized carbons (Fsp3) is 0.300. The third-order valence-corrected chi connectivity index (χ3v) is 2.19. The molecule has 0 aliphatic rings. The van der Waals surface area contributed by atoms with Crippen LogP contribution in [-0.4, -0.2) is 32.6 Å². The summed E-state index contributed by atoms with van der Waals surface area (Å²) < 4.78 is 1.78. The summed E-state index contributed by atoms with van der Waals surface area (Å²) in [6, 6.07) is 3.45. The molecule has 0 aliphatic heterocycles. The van der Waals surface area contributed by atoms with Gasteiger partial charge in [0.15, 0.2) is 11.9 Å². The van der Waals surface area contributed by atoms with Crippen molar-refractivity contribution >= 4 is 11.9 Å². The van der Waals surface area contributed by atoms with Gasteiger partial charge in [0, 0.05) is 24.8 Å². The molecular weight excluding hydrogens is 194 g/mol. The molecule has 2 aromatic rings. The van der Waals surface area contributed by atoms with Gasteiger partial charge in [-0.2, -0.15) is 0 Å². The Labute approximate surface area is 86.4 Å². The number of aryl methyl sites for hydroxylation is 1. The number of carbonyl (C=O) groups excluding carboxylic acids is 1. The number of aliphatic hydroxyl groups excluding tert-OH is 1. The fourth-order valence-corrected chi connectivity index (χ4v) is 1.43. The maximum absolute atomic E-state index is 10.6. The van der Waals surface area contributed by atoms with E-state index in [1.807, 2.05) is 0 Å². The zero-order chi connectivity index (χ0) is 10.7. The van der Waals surface area contributed by atoms with Gasteiger partial charge < -0.3 is 5.11 Å². The first-order valence-electron chi connectivity index (χ1n) is 4.75. The van der Waals surface area contributed by atoms with E-state index >= 15 is 0 Å². The molecule has 0 bridgehead atoms. The molecule has 15 heavy (non-hydrogen) atoms. The van der Waals surface area contributed by atoms with Crippen LogP contribution in [0.15, 0.2) is 18.3 Å². The molecule has 0 spiro atoms. The van der Waals surface area contributed by atoms with Gasteiger partial charge in [0.05, 0.1) is 0 Å². The quantitative estimate of drug-likeness (QED) is 0.736. The standard InChI is InChI=1S/C10H11N3O2/c14-5-1-2-9-11-12-10-4-3-8(7-15)6-13(9)10/h3-4,6-7,14H,1-2,5H2. The molecule has 78 valence electrons. The Morgan fingerprint density at radius 1 is 1.40 bits per heavy atom. The molecule has 2 aromatic heterocycles. The molecule has 5 nitrogen and oxygen atoms in total. The van der Waals surface area contributed by atoms with Crippen LogP contribution in [0.4, 0.5) is 0 Å². The zero-order valence-electron chi connectivity index (χ0n) is 8.13. The minimum atomic E-state index is 0.127. The van der Waals surface area contributed by atoms with E-state index in [0.29, 0.717) is 24.1 Å². The third-order valence-electron chi connectivity index (χ3n) is 2.19. The summed E-state index contributed by atoms with van der Waals surface area (Å²) in [5.41, 5.74) is 1.31. The Morgan fingerprint density at radius 2 is 2.27 bits per heavy atom. The number of pyridine rings is 1. The van der Waals surface area contributed by atoms with Crippen LogP contribution in [-0.2, 0) is 6.42 Å². The number of aromatic nitrogens is 3. The molecule has 2 heterocycles. The molecule has 0 atom stereocenters. The zero-order valence-corrected chi connectivity index (χ0v) is 8.13. The van der Waals surface area contributed by atoms with Crippen molar-refractivity contribution in [1.29, 1.82) is 0 Å².